The Kier molecular flexibility index (Phi) is 4.12. The minimum Gasteiger partial charge on any atom is -0.482 e. The van der Waals surface area contributed by atoms with E-state index in [1.54, 1.807) is 31.3 Å². The molecule has 2 aromatic rings. The molecule has 124 valence electrons. The third kappa shape index (κ3) is 3.03. The van der Waals surface area contributed by atoms with Crippen molar-refractivity contribution in [3.63, 3.8) is 0 Å². The van der Waals surface area contributed by atoms with Crippen molar-refractivity contribution in [1.29, 1.82) is 0 Å². The summed E-state index contributed by atoms with van der Waals surface area (Å²) in [5.74, 6) is 0.304. The van der Waals surface area contributed by atoms with Crippen molar-refractivity contribution >= 4 is 28.9 Å². The fourth-order valence-corrected chi connectivity index (χ4v) is 2.48. The predicted molar refractivity (Wildman–Crippen MR) is 94.1 cm³/mol. The molecule has 0 aliphatic carbocycles. The minimum absolute atomic E-state index is 0.0343. The first-order valence-corrected chi connectivity index (χ1v) is 7.58. The third-order valence-electron chi connectivity index (χ3n) is 3.93. The SMILES string of the molecule is CN(C)c1cccc(C(=O)Nc2ccc3c(c2)N(C)C(=O)CO3)c1. The summed E-state index contributed by atoms with van der Waals surface area (Å²) in [4.78, 5) is 27.7. The predicted octanol–water partition coefficient (Wildman–Crippen LogP) is 2.36. The van der Waals surface area contributed by atoms with Crippen molar-refractivity contribution in [1.82, 2.24) is 0 Å². The summed E-state index contributed by atoms with van der Waals surface area (Å²) in [6, 6.07) is 12.6. The summed E-state index contributed by atoms with van der Waals surface area (Å²) in [5, 5.41) is 2.86. The zero-order valence-electron chi connectivity index (χ0n) is 13.9. The first kappa shape index (κ1) is 15.9. The van der Waals surface area contributed by atoms with Gasteiger partial charge in [-0.1, -0.05) is 6.07 Å². The Morgan fingerprint density at radius 2 is 2.00 bits per heavy atom. The lowest BCUT2D eigenvalue weighted by atomic mass is 10.1. The molecule has 0 unspecified atom stereocenters. The van der Waals surface area contributed by atoms with E-state index in [0.717, 1.165) is 5.69 Å². The fourth-order valence-electron chi connectivity index (χ4n) is 2.48. The number of nitrogens with one attached hydrogen (secondary N) is 1. The number of amides is 2. The minimum atomic E-state index is -0.204. The van der Waals surface area contributed by atoms with Crippen LogP contribution in [-0.4, -0.2) is 39.6 Å². The van der Waals surface area contributed by atoms with Crippen LogP contribution in [0.5, 0.6) is 5.75 Å². The van der Waals surface area contributed by atoms with Gasteiger partial charge in [-0.05, 0) is 36.4 Å². The van der Waals surface area contributed by atoms with Gasteiger partial charge in [-0.15, -0.1) is 0 Å². The van der Waals surface area contributed by atoms with Gasteiger partial charge in [-0.3, -0.25) is 9.59 Å². The number of likely N-dealkylation sites (N-methyl/N-ethyl adjacent to an activating group) is 1. The lowest BCUT2D eigenvalue weighted by molar-refractivity contribution is -0.120. The van der Waals surface area contributed by atoms with Gasteiger partial charge in [0.15, 0.2) is 6.61 Å². The largest absolute Gasteiger partial charge is 0.482 e. The molecule has 1 aliphatic heterocycles. The molecule has 0 radical (unpaired) electrons. The molecule has 0 fully saturated rings. The van der Waals surface area contributed by atoms with Crippen LogP contribution in [0.4, 0.5) is 17.1 Å². The van der Waals surface area contributed by atoms with Gasteiger partial charge in [0.25, 0.3) is 11.8 Å². The van der Waals surface area contributed by atoms with Crippen molar-refractivity contribution in [3.8, 4) is 5.75 Å². The monoisotopic (exact) mass is 325 g/mol. The van der Waals surface area contributed by atoms with Crippen LogP contribution in [-0.2, 0) is 4.79 Å². The van der Waals surface area contributed by atoms with Crippen molar-refractivity contribution in [3.05, 3.63) is 48.0 Å². The van der Waals surface area contributed by atoms with Crippen molar-refractivity contribution < 1.29 is 14.3 Å². The van der Waals surface area contributed by atoms with Gasteiger partial charge >= 0.3 is 0 Å². The van der Waals surface area contributed by atoms with Gasteiger partial charge in [-0.2, -0.15) is 0 Å². The first-order chi connectivity index (χ1) is 11.5. The average Bonchev–Trinajstić information content (AvgIpc) is 2.58. The molecule has 0 spiro atoms. The van der Waals surface area contributed by atoms with Gasteiger partial charge in [0.2, 0.25) is 0 Å². The molecule has 1 N–H and O–H groups in total. The van der Waals surface area contributed by atoms with Crippen molar-refractivity contribution in [2.75, 3.05) is 42.9 Å². The van der Waals surface area contributed by atoms with Crippen LogP contribution >= 0.6 is 0 Å². The molecule has 0 saturated heterocycles. The lowest BCUT2D eigenvalue weighted by Crippen LogP contribution is -2.35. The number of nitrogens with zero attached hydrogens (tertiary/aromatic N) is 2. The van der Waals surface area contributed by atoms with Gasteiger partial charge < -0.3 is 19.9 Å². The number of fused-ring (bicyclic) bond motifs is 1. The maximum Gasteiger partial charge on any atom is 0.264 e. The van der Waals surface area contributed by atoms with Crippen molar-refractivity contribution in [2.45, 2.75) is 0 Å². The van der Waals surface area contributed by atoms with E-state index < -0.39 is 0 Å². The van der Waals surface area contributed by atoms with E-state index in [-0.39, 0.29) is 18.4 Å². The van der Waals surface area contributed by atoms with E-state index in [1.807, 2.05) is 37.2 Å². The van der Waals surface area contributed by atoms with E-state index in [9.17, 15) is 9.59 Å². The second-order valence-corrected chi connectivity index (χ2v) is 5.82. The standard InChI is InChI=1S/C18H19N3O3/c1-20(2)14-6-4-5-12(9-14)18(23)19-13-7-8-16-15(10-13)21(3)17(22)11-24-16/h4-10H,11H2,1-3H3,(H,19,23). The normalized spacial score (nSPS) is 13.1. The van der Waals surface area contributed by atoms with Crippen molar-refractivity contribution in [2.24, 2.45) is 0 Å². The molecular formula is C18H19N3O3. The average molecular weight is 325 g/mol. The number of rotatable bonds is 3. The molecule has 0 bridgehead atoms. The second-order valence-electron chi connectivity index (χ2n) is 5.82. The molecule has 3 rings (SSSR count). The molecule has 6 heteroatoms. The Bertz CT molecular complexity index is 802. The van der Waals surface area contributed by atoms with E-state index in [2.05, 4.69) is 5.32 Å². The summed E-state index contributed by atoms with van der Waals surface area (Å²) in [5.41, 5.74) is 2.77. The third-order valence-corrected chi connectivity index (χ3v) is 3.93. The number of hydrogen-bond donors (Lipinski definition) is 1. The second kappa shape index (κ2) is 6.23. The smallest absolute Gasteiger partial charge is 0.264 e. The highest BCUT2D eigenvalue weighted by atomic mass is 16.5. The zero-order chi connectivity index (χ0) is 17.3. The van der Waals surface area contributed by atoms with Crippen LogP contribution in [0.1, 0.15) is 10.4 Å². The van der Waals surface area contributed by atoms with Gasteiger partial charge in [0.05, 0.1) is 5.69 Å². The Morgan fingerprint density at radius 3 is 2.75 bits per heavy atom. The Labute approximate surface area is 140 Å². The van der Waals surface area contributed by atoms with E-state index in [1.165, 1.54) is 4.90 Å². The number of carbonyl (C=O) groups excluding carboxylic acids is 2. The number of hydrogen-bond acceptors (Lipinski definition) is 4. The number of carbonyl (C=O) groups is 2. The molecule has 6 nitrogen and oxygen atoms in total. The zero-order valence-corrected chi connectivity index (χ0v) is 13.9. The number of benzene rings is 2. The summed E-state index contributed by atoms with van der Waals surface area (Å²) in [7, 11) is 5.54. The van der Waals surface area contributed by atoms with Crippen LogP contribution in [0, 0.1) is 0 Å². The first-order valence-electron chi connectivity index (χ1n) is 7.58. The number of ether oxygens (including phenoxy) is 1. The van der Waals surface area contributed by atoms with Crippen LogP contribution < -0.4 is 19.9 Å². The fraction of sp³-hybridized carbons (Fsp3) is 0.222. The Morgan fingerprint density at radius 1 is 1.21 bits per heavy atom. The molecule has 2 amide bonds. The van der Waals surface area contributed by atoms with E-state index in [4.69, 9.17) is 4.74 Å². The highest BCUT2D eigenvalue weighted by molar-refractivity contribution is 6.05. The molecule has 1 heterocycles. The molecular weight excluding hydrogens is 306 g/mol. The van der Waals surface area contributed by atoms with Crippen LogP contribution in [0.2, 0.25) is 0 Å². The topological polar surface area (TPSA) is 61.9 Å². The highest BCUT2D eigenvalue weighted by Crippen LogP contribution is 2.33. The Balaban J connectivity index is 1.83. The summed E-state index contributed by atoms with van der Waals surface area (Å²) in [6.45, 7) is 0.0343. The van der Waals surface area contributed by atoms with Gasteiger partial charge in [-0.25, -0.2) is 0 Å². The molecule has 1 aliphatic rings. The molecule has 0 saturated carbocycles. The maximum absolute atomic E-state index is 12.5. The summed E-state index contributed by atoms with van der Waals surface area (Å²) >= 11 is 0. The van der Waals surface area contributed by atoms with E-state index in [0.29, 0.717) is 22.7 Å². The maximum atomic E-state index is 12.5. The summed E-state index contributed by atoms with van der Waals surface area (Å²) < 4.78 is 5.38. The summed E-state index contributed by atoms with van der Waals surface area (Å²) in [6.07, 6.45) is 0. The number of anilines is 3. The molecule has 0 aromatic heterocycles. The van der Waals surface area contributed by atoms with Gasteiger partial charge in [0.1, 0.15) is 5.75 Å². The lowest BCUT2D eigenvalue weighted by Gasteiger charge is -2.26. The Hall–Kier alpha value is -3.02. The molecule has 0 atom stereocenters. The highest BCUT2D eigenvalue weighted by Gasteiger charge is 2.22. The quantitative estimate of drug-likeness (QED) is 0.941. The van der Waals surface area contributed by atoms with Gasteiger partial charge in [0, 0.05) is 38.1 Å². The van der Waals surface area contributed by atoms with Crippen LogP contribution in [0.15, 0.2) is 42.5 Å². The van der Waals surface area contributed by atoms with Crippen LogP contribution in [0.25, 0.3) is 0 Å². The van der Waals surface area contributed by atoms with Crippen LogP contribution in [0.3, 0.4) is 0 Å². The molecule has 2 aromatic carbocycles. The molecule has 24 heavy (non-hydrogen) atoms. The van der Waals surface area contributed by atoms with E-state index >= 15 is 0 Å².